The Kier molecular flexibility index (Phi) is 4.71. The molecule has 0 radical (unpaired) electrons. The highest BCUT2D eigenvalue weighted by Crippen LogP contribution is 2.34. The average molecular weight is 413 g/mol. The summed E-state index contributed by atoms with van der Waals surface area (Å²) in [7, 11) is 1.30. The van der Waals surface area contributed by atoms with Gasteiger partial charge in [0.2, 0.25) is 0 Å². The van der Waals surface area contributed by atoms with Crippen molar-refractivity contribution >= 4 is 40.1 Å². The molecule has 1 N–H and O–H groups in total. The fourth-order valence-corrected chi connectivity index (χ4v) is 3.37. The molecule has 0 bridgehead atoms. The van der Waals surface area contributed by atoms with Gasteiger partial charge in [0.15, 0.2) is 11.2 Å². The first-order chi connectivity index (χ1) is 13.9. The number of aromatic nitrogens is 3. The number of hydrogen-bond acceptors (Lipinski definition) is 6. The van der Waals surface area contributed by atoms with Gasteiger partial charge in [-0.15, -0.1) is 0 Å². The van der Waals surface area contributed by atoms with Gasteiger partial charge in [-0.05, 0) is 37.1 Å². The highest BCUT2D eigenvalue weighted by molar-refractivity contribution is 6.36. The molecule has 0 unspecified atom stereocenters. The molecule has 4 rings (SSSR count). The summed E-state index contributed by atoms with van der Waals surface area (Å²) < 4.78 is 12.2. The van der Waals surface area contributed by atoms with Crippen molar-refractivity contribution in [2.24, 2.45) is 0 Å². The van der Waals surface area contributed by atoms with Crippen molar-refractivity contribution in [2.45, 2.75) is 20.4 Å². The highest BCUT2D eigenvalue weighted by atomic mass is 35.5. The van der Waals surface area contributed by atoms with E-state index < -0.39 is 5.97 Å². The zero-order chi connectivity index (χ0) is 20.7. The number of nitrogens with one attached hydrogen (secondary N) is 1. The number of carbonyl (C=O) groups excluding carboxylic acids is 2. The molecule has 4 aromatic rings. The lowest BCUT2D eigenvalue weighted by molar-refractivity contribution is 0.0601. The average Bonchev–Trinajstić information content (AvgIpc) is 3.26. The number of aryl methyl sites for hydroxylation is 2. The summed E-state index contributed by atoms with van der Waals surface area (Å²) in [5.74, 6) is -0.546. The monoisotopic (exact) mass is 412 g/mol. The molecule has 1 aromatic carbocycles. The van der Waals surface area contributed by atoms with Crippen LogP contribution in [0.25, 0.3) is 16.6 Å². The van der Waals surface area contributed by atoms with Gasteiger partial charge in [0, 0.05) is 17.8 Å². The standard InChI is InChI=1S/C20H17ClN4O4/c1-10-4-12-16(21)15(29-17(12)13(5-10)20(27)28-3)8-23-19(26)14-7-24-25-9-11(2)6-22-18(14)25/h4-7,9H,8H2,1-3H3,(H,23,26). The second kappa shape index (κ2) is 7.21. The number of amides is 1. The molecule has 0 saturated carbocycles. The summed E-state index contributed by atoms with van der Waals surface area (Å²) in [4.78, 5) is 28.9. The molecule has 1 amide bonds. The summed E-state index contributed by atoms with van der Waals surface area (Å²) >= 11 is 6.44. The second-order valence-electron chi connectivity index (χ2n) is 6.66. The fourth-order valence-electron chi connectivity index (χ4n) is 3.12. The van der Waals surface area contributed by atoms with Crippen LogP contribution < -0.4 is 5.32 Å². The first-order valence-corrected chi connectivity index (χ1v) is 9.15. The number of hydrogen-bond donors (Lipinski definition) is 1. The largest absolute Gasteiger partial charge is 0.465 e. The number of esters is 1. The number of ether oxygens (including phenoxy) is 1. The van der Waals surface area contributed by atoms with Crippen LogP contribution in [-0.2, 0) is 11.3 Å². The van der Waals surface area contributed by atoms with Crippen LogP contribution in [0.15, 0.2) is 35.1 Å². The van der Waals surface area contributed by atoms with Crippen molar-refractivity contribution in [3.05, 3.63) is 63.8 Å². The molecule has 0 aliphatic heterocycles. The molecular weight excluding hydrogens is 396 g/mol. The molecule has 148 valence electrons. The van der Waals surface area contributed by atoms with Crippen molar-refractivity contribution in [3.63, 3.8) is 0 Å². The molecule has 0 saturated heterocycles. The van der Waals surface area contributed by atoms with Crippen molar-refractivity contribution in [1.29, 1.82) is 0 Å². The van der Waals surface area contributed by atoms with Crippen LogP contribution in [0.5, 0.6) is 0 Å². The van der Waals surface area contributed by atoms with E-state index in [0.717, 1.165) is 11.1 Å². The zero-order valence-corrected chi connectivity index (χ0v) is 16.7. The summed E-state index contributed by atoms with van der Waals surface area (Å²) in [6.45, 7) is 3.77. The van der Waals surface area contributed by atoms with E-state index in [1.54, 1.807) is 23.0 Å². The van der Waals surface area contributed by atoms with Crippen LogP contribution >= 0.6 is 11.6 Å². The maximum Gasteiger partial charge on any atom is 0.341 e. The van der Waals surface area contributed by atoms with Crippen LogP contribution in [0.3, 0.4) is 0 Å². The van der Waals surface area contributed by atoms with Gasteiger partial charge in [0.1, 0.15) is 16.9 Å². The Balaban J connectivity index is 1.63. The van der Waals surface area contributed by atoms with E-state index in [0.29, 0.717) is 33.0 Å². The molecule has 8 nitrogen and oxygen atoms in total. The maximum absolute atomic E-state index is 12.6. The third kappa shape index (κ3) is 3.31. The van der Waals surface area contributed by atoms with E-state index in [-0.39, 0.29) is 18.0 Å². The van der Waals surface area contributed by atoms with Gasteiger partial charge in [-0.25, -0.2) is 14.3 Å². The van der Waals surface area contributed by atoms with Crippen molar-refractivity contribution in [3.8, 4) is 0 Å². The van der Waals surface area contributed by atoms with Gasteiger partial charge in [0.25, 0.3) is 5.91 Å². The third-order valence-corrected chi connectivity index (χ3v) is 4.90. The Hall–Kier alpha value is -3.39. The van der Waals surface area contributed by atoms with E-state index in [4.69, 9.17) is 20.8 Å². The van der Waals surface area contributed by atoms with Crippen LogP contribution in [0.1, 0.15) is 37.6 Å². The summed E-state index contributed by atoms with van der Waals surface area (Å²) in [5, 5.41) is 7.83. The van der Waals surface area contributed by atoms with E-state index in [2.05, 4.69) is 15.4 Å². The lowest BCUT2D eigenvalue weighted by Crippen LogP contribution is -2.22. The molecule has 0 aliphatic carbocycles. The minimum absolute atomic E-state index is 0.0369. The lowest BCUT2D eigenvalue weighted by atomic mass is 10.1. The molecule has 3 heterocycles. The fraction of sp³-hybridized carbons (Fsp3) is 0.200. The molecule has 0 aliphatic rings. The quantitative estimate of drug-likeness (QED) is 0.515. The minimum Gasteiger partial charge on any atom is -0.465 e. The molecular formula is C20H17ClN4O4. The van der Waals surface area contributed by atoms with Crippen molar-refractivity contribution in [2.75, 3.05) is 7.11 Å². The van der Waals surface area contributed by atoms with Crippen molar-refractivity contribution < 1.29 is 18.7 Å². The van der Waals surface area contributed by atoms with Gasteiger partial charge in [0.05, 0.1) is 24.9 Å². The van der Waals surface area contributed by atoms with Gasteiger partial charge >= 0.3 is 5.97 Å². The Morgan fingerprint density at radius 1 is 1.21 bits per heavy atom. The van der Waals surface area contributed by atoms with E-state index >= 15 is 0 Å². The molecule has 3 aromatic heterocycles. The normalized spacial score (nSPS) is 11.2. The topological polar surface area (TPSA) is 98.7 Å². The smallest absolute Gasteiger partial charge is 0.341 e. The Labute approximate surface area is 170 Å². The molecule has 0 fully saturated rings. The zero-order valence-electron chi connectivity index (χ0n) is 15.9. The third-order valence-electron chi connectivity index (χ3n) is 4.48. The van der Waals surface area contributed by atoms with Crippen LogP contribution in [0, 0.1) is 13.8 Å². The molecule has 9 heteroatoms. The van der Waals surface area contributed by atoms with Gasteiger partial charge in [-0.2, -0.15) is 5.10 Å². The number of nitrogens with zero attached hydrogens (tertiary/aromatic N) is 3. The second-order valence-corrected chi connectivity index (χ2v) is 7.04. The lowest BCUT2D eigenvalue weighted by Gasteiger charge is -2.02. The Bertz CT molecular complexity index is 1270. The van der Waals surface area contributed by atoms with E-state index in [9.17, 15) is 9.59 Å². The number of halogens is 1. The summed E-state index contributed by atoms with van der Waals surface area (Å²) in [6, 6.07) is 3.49. The first-order valence-electron chi connectivity index (χ1n) is 8.77. The van der Waals surface area contributed by atoms with Crippen LogP contribution in [-0.4, -0.2) is 33.6 Å². The number of carbonyl (C=O) groups is 2. The first kappa shape index (κ1) is 18.9. The number of furan rings is 1. The SMILES string of the molecule is COC(=O)c1cc(C)cc2c(Cl)c(CNC(=O)c3cnn4cc(C)cnc34)oc12. The van der Waals surface area contributed by atoms with Gasteiger partial charge < -0.3 is 14.5 Å². The number of benzene rings is 1. The number of rotatable bonds is 4. The number of fused-ring (bicyclic) bond motifs is 2. The van der Waals surface area contributed by atoms with Gasteiger partial charge in [-0.3, -0.25) is 4.79 Å². The maximum atomic E-state index is 12.6. The van der Waals surface area contributed by atoms with E-state index in [1.807, 2.05) is 19.9 Å². The Morgan fingerprint density at radius 3 is 2.76 bits per heavy atom. The predicted molar refractivity (Wildman–Crippen MR) is 106 cm³/mol. The van der Waals surface area contributed by atoms with E-state index in [1.165, 1.54) is 13.3 Å². The summed E-state index contributed by atoms with van der Waals surface area (Å²) in [6.07, 6.45) is 4.91. The van der Waals surface area contributed by atoms with Gasteiger partial charge in [-0.1, -0.05) is 11.6 Å². The minimum atomic E-state index is -0.521. The highest BCUT2D eigenvalue weighted by Gasteiger charge is 2.21. The molecule has 29 heavy (non-hydrogen) atoms. The van der Waals surface area contributed by atoms with Crippen molar-refractivity contribution in [1.82, 2.24) is 19.9 Å². The van der Waals surface area contributed by atoms with Crippen LogP contribution in [0.4, 0.5) is 0 Å². The van der Waals surface area contributed by atoms with Crippen LogP contribution in [0.2, 0.25) is 5.02 Å². The Morgan fingerprint density at radius 2 is 2.00 bits per heavy atom. The predicted octanol–water partition coefficient (Wildman–Crippen LogP) is 3.46. The number of methoxy groups -OCH3 is 1. The molecule has 0 spiro atoms. The summed E-state index contributed by atoms with van der Waals surface area (Å²) in [5.41, 5.74) is 3.16. The molecule has 0 atom stereocenters.